The first-order chi connectivity index (χ1) is 8.63. The predicted molar refractivity (Wildman–Crippen MR) is 85.3 cm³/mol. The summed E-state index contributed by atoms with van der Waals surface area (Å²) in [6.07, 6.45) is 1.67. The fourth-order valence-corrected chi connectivity index (χ4v) is 2.24. The van der Waals surface area contributed by atoms with E-state index in [1.165, 1.54) is 11.1 Å². The summed E-state index contributed by atoms with van der Waals surface area (Å²) in [4.78, 5) is 10.9. The third-order valence-corrected chi connectivity index (χ3v) is 3.37. The molecule has 0 atom stereocenters. The lowest BCUT2D eigenvalue weighted by atomic mass is 9.92. The largest absolute Gasteiger partial charge is 0.398 e. The molecule has 0 saturated carbocycles. The SMILES string of the molecule is Br.Cc1cc(C=O)c(N)c(C)c1Cc1ccccc1. The summed E-state index contributed by atoms with van der Waals surface area (Å²) in [5, 5.41) is 0. The number of nitrogens with two attached hydrogens (primary N) is 1. The summed E-state index contributed by atoms with van der Waals surface area (Å²) in [7, 11) is 0. The molecule has 0 spiro atoms. The van der Waals surface area contributed by atoms with Gasteiger partial charge in [0.15, 0.2) is 6.29 Å². The Hall–Kier alpha value is -1.61. The highest BCUT2D eigenvalue weighted by Gasteiger charge is 2.10. The molecule has 2 aromatic carbocycles. The lowest BCUT2D eigenvalue weighted by Gasteiger charge is -2.14. The Balaban J connectivity index is 0.00000180. The normalized spacial score (nSPS) is 9.79. The van der Waals surface area contributed by atoms with Crippen LogP contribution < -0.4 is 5.73 Å². The Kier molecular flexibility index (Phi) is 5.31. The highest BCUT2D eigenvalue weighted by atomic mass is 79.9. The van der Waals surface area contributed by atoms with E-state index < -0.39 is 0 Å². The molecule has 0 aliphatic carbocycles. The Labute approximate surface area is 124 Å². The third-order valence-electron chi connectivity index (χ3n) is 3.37. The van der Waals surface area contributed by atoms with Gasteiger partial charge < -0.3 is 5.73 Å². The van der Waals surface area contributed by atoms with Crippen molar-refractivity contribution in [1.82, 2.24) is 0 Å². The lowest BCUT2D eigenvalue weighted by Crippen LogP contribution is -2.04. The fraction of sp³-hybridized carbons (Fsp3) is 0.188. The second kappa shape index (κ2) is 6.53. The molecule has 0 amide bonds. The van der Waals surface area contributed by atoms with Crippen LogP contribution in [0, 0.1) is 13.8 Å². The molecule has 0 aliphatic rings. The minimum Gasteiger partial charge on any atom is -0.398 e. The number of aryl methyl sites for hydroxylation is 1. The number of halogens is 1. The number of hydrogen-bond acceptors (Lipinski definition) is 2. The molecular formula is C16H18BrNO. The molecule has 0 unspecified atom stereocenters. The zero-order valence-electron chi connectivity index (χ0n) is 11.1. The van der Waals surface area contributed by atoms with Gasteiger partial charge in [0.25, 0.3) is 0 Å². The molecule has 0 aromatic heterocycles. The van der Waals surface area contributed by atoms with E-state index in [9.17, 15) is 4.79 Å². The standard InChI is InChI=1S/C16H17NO.BrH/c1-11-8-14(10-18)16(17)12(2)15(11)9-13-6-4-3-5-7-13;/h3-8,10H,9,17H2,1-2H3;1H. The van der Waals surface area contributed by atoms with Crippen LogP contribution >= 0.6 is 17.0 Å². The van der Waals surface area contributed by atoms with Gasteiger partial charge in [-0.15, -0.1) is 17.0 Å². The molecule has 2 N–H and O–H groups in total. The Bertz CT molecular complexity index is 579. The number of benzene rings is 2. The molecule has 0 heterocycles. The van der Waals surface area contributed by atoms with Crippen LogP contribution in [0.3, 0.4) is 0 Å². The number of hydrogen-bond donors (Lipinski definition) is 1. The molecule has 0 bridgehead atoms. The quantitative estimate of drug-likeness (QED) is 0.689. The Morgan fingerprint density at radius 3 is 2.37 bits per heavy atom. The van der Waals surface area contributed by atoms with E-state index in [1.807, 2.05) is 38.1 Å². The zero-order valence-corrected chi connectivity index (χ0v) is 12.9. The number of carbonyl (C=O) groups excluding carboxylic acids is 1. The maximum atomic E-state index is 10.9. The summed E-state index contributed by atoms with van der Waals surface area (Å²) in [5.74, 6) is 0. The van der Waals surface area contributed by atoms with Gasteiger partial charge in [-0.05, 0) is 48.6 Å². The number of anilines is 1. The second-order valence-corrected chi connectivity index (χ2v) is 4.58. The van der Waals surface area contributed by atoms with Crippen LogP contribution in [-0.2, 0) is 6.42 Å². The molecule has 0 fully saturated rings. The summed E-state index contributed by atoms with van der Waals surface area (Å²) >= 11 is 0. The van der Waals surface area contributed by atoms with Gasteiger partial charge in [0.1, 0.15) is 0 Å². The third kappa shape index (κ3) is 3.24. The molecule has 3 heteroatoms. The van der Waals surface area contributed by atoms with Crippen molar-refractivity contribution in [2.24, 2.45) is 0 Å². The number of nitrogen functional groups attached to an aromatic ring is 1. The van der Waals surface area contributed by atoms with Crippen molar-refractivity contribution in [3.63, 3.8) is 0 Å². The number of aldehydes is 1. The van der Waals surface area contributed by atoms with Crippen LogP contribution in [0.25, 0.3) is 0 Å². The second-order valence-electron chi connectivity index (χ2n) is 4.58. The highest BCUT2D eigenvalue weighted by molar-refractivity contribution is 8.93. The van der Waals surface area contributed by atoms with Crippen LogP contribution in [0.1, 0.15) is 32.6 Å². The molecule has 0 aliphatic heterocycles. The highest BCUT2D eigenvalue weighted by Crippen LogP contribution is 2.25. The average molecular weight is 320 g/mol. The molecule has 2 nitrogen and oxygen atoms in total. The van der Waals surface area contributed by atoms with Crippen LogP contribution in [0.2, 0.25) is 0 Å². The van der Waals surface area contributed by atoms with Crippen molar-refractivity contribution < 1.29 is 4.79 Å². The maximum Gasteiger partial charge on any atom is 0.152 e. The molecule has 2 aromatic rings. The summed E-state index contributed by atoms with van der Waals surface area (Å²) < 4.78 is 0. The van der Waals surface area contributed by atoms with E-state index in [-0.39, 0.29) is 17.0 Å². The Morgan fingerprint density at radius 1 is 1.16 bits per heavy atom. The first-order valence-electron chi connectivity index (χ1n) is 6.01. The zero-order chi connectivity index (χ0) is 13.1. The van der Waals surface area contributed by atoms with Crippen molar-refractivity contribution >= 4 is 29.0 Å². The topological polar surface area (TPSA) is 43.1 Å². The van der Waals surface area contributed by atoms with Crippen molar-refractivity contribution in [2.75, 3.05) is 5.73 Å². The van der Waals surface area contributed by atoms with E-state index in [1.54, 1.807) is 0 Å². The van der Waals surface area contributed by atoms with Gasteiger partial charge in [0.2, 0.25) is 0 Å². The molecule has 0 radical (unpaired) electrons. The molecule has 19 heavy (non-hydrogen) atoms. The number of carbonyl (C=O) groups is 1. The molecule has 100 valence electrons. The predicted octanol–water partition coefficient (Wildman–Crippen LogP) is 3.87. The van der Waals surface area contributed by atoms with E-state index in [0.29, 0.717) is 11.3 Å². The first kappa shape index (κ1) is 15.4. The molecule has 2 rings (SSSR count). The Morgan fingerprint density at radius 2 is 1.79 bits per heavy atom. The van der Waals surface area contributed by atoms with Crippen LogP contribution in [0.4, 0.5) is 5.69 Å². The van der Waals surface area contributed by atoms with Crippen molar-refractivity contribution in [3.8, 4) is 0 Å². The first-order valence-corrected chi connectivity index (χ1v) is 6.01. The summed E-state index contributed by atoms with van der Waals surface area (Å²) in [6, 6.07) is 12.1. The minimum absolute atomic E-state index is 0. The minimum atomic E-state index is 0. The van der Waals surface area contributed by atoms with Crippen LogP contribution in [0.5, 0.6) is 0 Å². The fourth-order valence-electron chi connectivity index (χ4n) is 2.24. The van der Waals surface area contributed by atoms with Crippen LogP contribution in [-0.4, -0.2) is 6.29 Å². The van der Waals surface area contributed by atoms with Crippen molar-refractivity contribution in [2.45, 2.75) is 20.3 Å². The van der Waals surface area contributed by atoms with Gasteiger partial charge >= 0.3 is 0 Å². The monoisotopic (exact) mass is 319 g/mol. The average Bonchev–Trinajstić information content (AvgIpc) is 2.40. The van der Waals surface area contributed by atoms with Gasteiger partial charge in [-0.1, -0.05) is 30.3 Å². The van der Waals surface area contributed by atoms with E-state index in [0.717, 1.165) is 23.8 Å². The number of rotatable bonds is 3. The van der Waals surface area contributed by atoms with E-state index in [4.69, 9.17) is 5.73 Å². The van der Waals surface area contributed by atoms with Crippen molar-refractivity contribution in [1.29, 1.82) is 0 Å². The molecular weight excluding hydrogens is 302 g/mol. The van der Waals surface area contributed by atoms with Gasteiger partial charge in [0, 0.05) is 11.3 Å². The van der Waals surface area contributed by atoms with Gasteiger partial charge in [-0.3, -0.25) is 4.79 Å². The van der Waals surface area contributed by atoms with Crippen LogP contribution in [0.15, 0.2) is 36.4 Å². The van der Waals surface area contributed by atoms with Crippen molar-refractivity contribution in [3.05, 3.63) is 64.2 Å². The summed E-state index contributed by atoms with van der Waals surface area (Å²) in [6.45, 7) is 4.01. The van der Waals surface area contributed by atoms with Gasteiger partial charge in [0.05, 0.1) is 0 Å². The summed E-state index contributed by atoms with van der Waals surface area (Å²) in [5.41, 5.74) is 11.8. The van der Waals surface area contributed by atoms with Gasteiger partial charge in [-0.2, -0.15) is 0 Å². The smallest absolute Gasteiger partial charge is 0.152 e. The lowest BCUT2D eigenvalue weighted by molar-refractivity contribution is 0.112. The van der Waals surface area contributed by atoms with E-state index >= 15 is 0 Å². The van der Waals surface area contributed by atoms with E-state index in [2.05, 4.69) is 12.1 Å². The van der Waals surface area contributed by atoms with Gasteiger partial charge in [-0.25, -0.2) is 0 Å². The molecule has 0 saturated heterocycles. The maximum absolute atomic E-state index is 10.9.